The Morgan fingerprint density at radius 1 is 1.44 bits per heavy atom. The monoisotopic (exact) mass is 272 g/mol. The van der Waals surface area contributed by atoms with Gasteiger partial charge in [-0.1, -0.05) is 20.3 Å². The van der Waals surface area contributed by atoms with Crippen LogP contribution in [0, 0.1) is 5.92 Å². The molecule has 1 aromatic heterocycles. The molecule has 0 fully saturated rings. The molecule has 0 amide bonds. The van der Waals surface area contributed by atoms with Crippen molar-refractivity contribution in [3.05, 3.63) is 18.3 Å². The highest BCUT2D eigenvalue weighted by Crippen LogP contribution is 2.18. The molecule has 102 valence electrons. The number of aromatic nitrogens is 1. The maximum absolute atomic E-state index is 12.2. The zero-order valence-electron chi connectivity index (χ0n) is 10.8. The fraction of sp³-hybridized carbons (Fsp3) is 0.545. The predicted octanol–water partition coefficient (Wildman–Crippen LogP) is 1.08. The summed E-state index contributed by atoms with van der Waals surface area (Å²) in [7, 11) is -3.66. The van der Waals surface area contributed by atoms with Gasteiger partial charge < -0.3 is 5.43 Å². The van der Waals surface area contributed by atoms with Crippen LogP contribution in [0.2, 0.25) is 0 Å². The third kappa shape index (κ3) is 3.41. The first-order valence-corrected chi connectivity index (χ1v) is 7.34. The smallest absolute Gasteiger partial charge is 0.260 e. The van der Waals surface area contributed by atoms with Crippen LogP contribution in [0.25, 0.3) is 0 Å². The van der Waals surface area contributed by atoms with Gasteiger partial charge in [-0.25, -0.2) is 18.1 Å². The number of nitrogens with two attached hydrogens (primary N) is 1. The second-order valence-corrected chi connectivity index (χ2v) is 5.93. The molecular weight excluding hydrogens is 252 g/mol. The van der Waals surface area contributed by atoms with Gasteiger partial charge in [-0.05, 0) is 25.0 Å². The van der Waals surface area contributed by atoms with Crippen LogP contribution < -0.4 is 16.0 Å². The molecule has 0 saturated heterocycles. The number of nitrogens with one attached hydrogen (secondary N) is 2. The van der Waals surface area contributed by atoms with Crippen LogP contribution >= 0.6 is 0 Å². The minimum Gasteiger partial charge on any atom is -0.321 e. The zero-order chi connectivity index (χ0) is 13.8. The van der Waals surface area contributed by atoms with E-state index in [1.807, 2.05) is 20.8 Å². The molecule has 7 heteroatoms. The SMILES string of the molecule is CCC(C)C(C)NS(=O)(=O)c1ncccc1NN. The molecule has 0 aromatic carbocycles. The third-order valence-corrected chi connectivity index (χ3v) is 4.54. The number of nitrogen functional groups attached to an aromatic ring is 1. The molecule has 0 radical (unpaired) electrons. The van der Waals surface area contributed by atoms with Crippen LogP contribution in [0.5, 0.6) is 0 Å². The summed E-state index contributed by atoms with van der Waals surface area (Å²) in [5, 5.41) is -0.0809. The van der Waals surface area contributed by atoms with Gasteiger partial charge in [0, 0.05) is 12.2 Å². The highest BCUT2D eigenvalue weighted by Gasteiger charge is 2.23. The van der Waals surface area contributed by atoms with Crippen LogP contribution in [-0.4, -0.2) is 19.4 Å². The van der Waals surface area contributed by atoms with Crippen molar-refractivity contribution in [2.45, 2.75) is 38.3 Å². The number of rotatable bonds is 6. The molecule has 1 aromatic rings. The van der Waals surface area contributed by atoms with E-state index in [1.165, 1.54) is 6.20 Å². The average molecular weight is 272 g/mol. The van der Waals surface area contributed by atoms with Crippen molar-refractivity contribution in [3.8, 4) is 0 Å². The number of sulfonamides is 1. The van der Waals surface area contributed by atoms with Crippen molar-refractivity contribution in [3.63, 3.8) is 0 Å². The largest absolute Gasteiger partial charge is 0.321 e. The van der Waals surface area contributed by atoms with Crippen LogP contribution in [0.15, 0.2) is 23.4 Å². The molecule has 2 unspecified atom stereocenters. The summed E-state index contributed by atoms with van der Waals surface area (Å²) in [6, 6.07) is 3.02. The molecule has 1 rings (SSSR count). The Labute approximate surface area is 108 Å². The first kappa shape index (κ1) is 14.9. The third-order valence-electron chi connectivity index (χ3n) is 3.02. The fourth-order valence-corrected chi connectivity index (χ4v) is 2.93. The van der Waals surface area contributed by atoms with Crippen molar-refractivity contribution in [2.75, 3.05) is 5.43 Å². The van der Waals surface area contributed by atoms with Gasteiger partial charge in [-0.15, -0.1) is 0 Å². The number of anilines is 1. The minimum absolute atomic E-state index is 0.0809. The van der Waals surface area contributed by atoms with Crippen LogP contribution in [0.3, 0.4) is 0 Å². The van der Waals surface area contributed by atoms with Gasteiger partial charge in [-0.2, -0.15) is 0 Å². The number of nitrogens with zero attached hydrogens (tertiary/aromatic N) is 1. The van der Waals surface area contributed by atoms with Crippen LogP contribution in [0.1, 0.15) is 27.2 Å². The molecule has 2 atom stereocenters. The van der Waals surface area contributed by atoms with Gasteiger partial charge in [0.1, 0.15) is 0 Å². The van der Waals surface area contributed by atoms with E-state index < -0.39 is 10.0 Å². The lowest BCUT2D eigenvalue weighted by Gasteiger charge is -2.20. The van der Waals surface area contributed by atoms with Gasteiger partial charge in [0.05, 0.1) is 5.69 Å². The van der Waals surface area contributed by atoms with Crippen LogP contribution in [0.4, 0.5) is 5.69 Å². The number of hydrogen-bond donors (Lipinski definition) is 3. The second-order valence-electron chi connectivity index (χ2n) is 4.30. The van der Waals surface area contributed by atoms with Crippen molar-refractivity contribution in [2.24, 2.45) is 11.8 Å². The van der Waals surface area contributed by atoms with Gasteiger partial charge in [0.2, 0.25) is 0 Å². The molecule has 6 nitrogen and oxygen atoms in total. The Kier molecular flexibility index (Phi) is 5.06. The molecule has 18 heavy (non-hydrogen) atoms. The summed E-state index contributed by atoms with van der Waals surface area (Å²) in [5.41, 5.74) is 2.62. The minimum atomic E-state index is -3.66. The summed E-state index contributed by atoms with van der Waals surface area (Å²) in [6.45, 7) is 5.85. The van der Waals surface area contributed by atoms with Crippen molar-refractivity contribution in [1.82, 2.24) is 9.71 Å². The molecule has 0 saturated carbocycles. The summed E-state index contributed by atoms with van der Waals surface area (Å²) in [4.78, 5) is 3.87. The summed E-state index contributed by atoms with van der Waals surface area (Å²) in [6.07, 6.45) is 2.32. The van der Waals surface area contributed by atoms with Gasteiger partial charge in [0.15, 0.2) is 5.03 Å². The van der Waals surface area contributed by atoms with Crippen molar-refractivity contribution in [1.29, 1.82) is 0 Å². The lowest BCUT2D eigenvalue weighted by molar-refractivity contribution is 0.433. The molecular formula is C11H20N4O2S. The fourth-order valence-electron chi connectivity index (χ4n) is 1.49. The molecule has 0 aliphatic heterocycles. The lowest BCUT2D eigenvalue weighted by Crippen LogP contribution is -2.37. The highest BCUT2D eigenvalue weighted by atomic mass is 32.2. The number of hydrazine groups is 1. The second kappa shape index (κ2) is 6.12. The molecule has 0 spiro atoms. The van der Waals surface area contributed by atoms with E-state index in [2.05, 4.69) is 15.1 Å². The maximum atomic E-state index is 12.2. The van der Waals surface area contributed by atoms with Crippen LogP contribution in [-0.2, 0) is 10.0 Å². The highest BCUT2D eigenvalue weighted by molar-refractivity contribution is 7.89. The van der Waals surface area contributed by atoms with Crippen molar-refractivity contribution < 1.29 is 8.42 Å². The Morgan fingerprint density at radius 3 is 2.67 bits per heavy atom. The van der Waals surface area contributed by atoms with E-state index in [1.54, 1.807) is 12.1 Å². The number of pyridine rings is 1. The predicted molar refractivity (Wildman–Crippen MR) is 71.3 cm³/mol. The van der Waals surface area contributed by atoms with Gasteiger partial charge in [-0.3, -0.25) is 5.84 Å². The Bertz CT molecular complexity index is 490. The first-order chi connectivity index (χ1) is 8.42. The van der Waals surface area contributed by atoms with E-state index in [4.69, 9.17) is 5.84 Å². The van der Waals surface area contributed by atoms with E-state index in [-0.39, 0.29) is 22.7 Å². The standard InChI is InChI=1S/C11H20N4O2S/c1-4-8(2)9(3)15-18(16,17)11-10(14-12)6-5-7-13-11/h5-9,14-15H,4,12H2,1-3H3. The quantitative estimate of drug-likeness (QED) is 0.532. The van der Waals surface area contributed by atoms with Gasteiger partial charge >= 0.3 is 0 Å². The molecule has 4 N–H and O–H groups in total. The molecule has 0 aliphatic rings. The lowest BCUT2D eigenvalue weighted by atomic mass is 10.0. The summed E-state index contributed by atoms with van der Waals surface area (Å²) >= 11 is 0. The average Bonchev–Trinajstić information content (AvgIpc) is 2.37. The normalized spacial score (nSPS) is 15.1. The first-order valence-electron chi connectivity index (χ1n) is 5.86. The van der Waals surface area contributed by atoms with E-state index in [0.717, 1.165) is 6.42 Å². The Balaban J connectivity index is 3.00. The van der Waals surface area contributed by atoms with E-state index in [0.29, 0.717) is 0 Å². The summed E-state index contributed by atoms with van der Waals surface area (Å²) in [5.74, 6) is 5.53. The Hall–Kier alpha value is -1.18. The molecule has 1 heterocycles. The van der Waals surface area contributed by atoms with E-state index >= 15 is 0 Å². The zero-order valence-corrected chi connectivity index (χ0v) is 11.7. The molecule has 0 bridgehead atoms. The summed E-state index contributed by atoms with van der Waals surface area (Å²) < 4.78 is 27.0. The van der Waals surface area contributed by atoms with Gasteiger partial charge in [0.25, 0.3) is 10.0 Å². The topological polar surface area (TPSA) is 97.1 Å². The van der Waals surface area contributed by atoms with Crippen molar-refractivity contribution >= 4 is 15.7 Å². The maximum Gasteiger partial charge on any atom is 0.260 e. The Morgan fingerprint density at radius 2 is 2.11 bits per heavy atom. The number of hydrogen-bond acceptors (Lipinski definition) is 5. The van der Waals surface area contributed by atoms with E-state index in [9.17, 15) is 8.42 Å². The molecule has 0 aliphatic carbocycles.